The van der Waals surface area contributed by atoms with Gasteiger partial charge in [0, 0.05) is 6.54 Å². The smallest absolute Gasteiger partial charge is 0.230 e. The minimum absolute atomic E-state index is 0.0388. The van der Waals surface area contributed by atoms with Gasteiger partial charge < -0.3 is 15.4 Å². The third-order valence-corrected chi connectivity index (χ3v) is 4.76. The number of benzene rings is 1. The van der Waals surface area contributed by atoms with E-state index in [9.17, 15) is 4.79 Å². The maximum absolute atomic E-state index is 11.8. The van der Waals surface area contributed by atoms with Crippen molar-refractivity contribution in [1.82, 2.24) is 15.5 Å². The van der Waals surface area contributed by atoms with Crippen LogP contribution in [0.5, 0.6) is 5.75 Å². The Hall–Kier alpha value is -1.80. The number of nitrogens with zero attached hydrogens (tertiary/aromatic N) is 2. The molecule has 2 N–H and O–H groups in total. The third-order valence-electron chi connectivity index (χ3n) is 2.74. The number of aromatic nitrogens is 2. The number of anilines is 1. The quantitative estimate of drug-likeness (QED) is 0.534. The number of aryl methyl sites for hydroxylation is 1. The predicted molar refractivity (Wildman–Crippen MR) is 94.5 cm³/mol. The number of ether oxygens (including phenoxy) is 1. The number of nitrogens with one attached hydrogen (secondary N) is 2. The Balaban J connectivity index is 1.61. The highest BCUT2D eigenvalue weighted by molar-refractivity contribution is 8.01. The Morgan fingerprint density at radius 2 is 2.26 bits per heavy atom. The summed E-state index contributed by atoms with van der Waals surface area (Å²) in [5.74, 6) is 1.10. The highest BCUT2D eigenvalue weighted by Gasteiger charge is 2.07. The summed E-state index contributed by atoms with van der Waals surface area (Å²) in [5, 5.41) is 14.7. The number of amides is 1. The molecule has 0 saturated carbocycles. The van der Waals surface area contributed by atoms with Gasteiger partial charge in [0.05, 0.1) is 12.3 Å². The van der Waals surface area contributed by atoms with Crippen molar-refractivity contribution >= 4 is 34.1 Å². The molecule has 23 heavy (non-hydrogen) atoms. The zero-order chi connectivity index (χ0) is 16.5. The summed E-state index contributed by atoms with van der Waals surface area (Å²) in [6, 6.07) is 7.83. The van der Waals surface area contributed by atoms with Crippen molar-refractivity contribution in [3.05, 3.63) is 29.8 Å². The molecule has 8 heteroatoms. The lowest BCUT2D eigenvalue weighted by molar-refractivity contribution is -0.118. The minimum atomic E-state index is -0.0388. The molecule has 0 fully saturated rings. The number of carbonyl (C=O) groups is 1. The molecule has 2 aromatic rings. The number of carbonyl (C=O) groups excluding carboxylic acids is 1. The van der Waals surface area contributed by atoms with Crippen LogP contribution in [0.15, 0.2) is 28.6 Å². The Morgan fingerprint density at radius 3 is 3.04 bits per heavy atom. The summed E-state index contributed by atoms with van der Waals surface area (Å²) >= 11 is 2.83. The zero-order valence-electron chi connectivity index (χ0n) is 13.2. The molecule has 1 aromatic carbocycles. The molecule has 2 rings (SSSR count). The molecule has 6 nitrogen and oxygen atoms in total. The van der Waals surface area contributed by atoms with Gasteiger partial charge in [0.2, 0.25) is 11.0 Å². The van der Waals surface area contributed by atoms with Crippen LogP contribution in [0.3, 0.4) is 0 Å². The molecule has 0 bridgehead atoms. The van der Waals surface area contributed by atoms with Crippen molar-refractivity contribution in [3.8, 4) is 5.75 Å². The van der Waals surface area contributed by atoms with Crippen LogP contribution < -0.4 is 15.4 Å². The van der Waals surface area contributed by atoms with E-state index in [0.717, 1.165) is 27.3 Å². The molecule has 1 aromatic heterocycles. The molecule has 1 amide bonds. The summed E-state index contributed by atoms with van der Waals surface area (Å²) in [5.41, 5.74) is 1.15. The molecule has 1 heterocycles. The number of rotatable bonds is 9. The van der Waals surface area contributed by atoms with E-state index in [-0.39, 0.29) is 5.91 Å². The van der Waals surface area contributed by atoms with Crippen LogP contribution in [0.2, 0.25) is 0 Å². The first-order valence-electron chi connectivity index (χ1n) is 7.33. The van der Waals surface area contributed by atoms with E-state index < -0.39 is 0 Å². The second-order valence-corrected chi connectivity index (χ2v) is 6.91. The Morgan fingerprint density at radius 1 is 1.39 bits per heavy atom. The summed E-state index contributed by atoms with van der Waals surface area (Å²) in [6.45, 7) is 5.75. The zero-order valence-corrected chi connectivity index (χ0v) is 14.8. The summed E-state index contributed by atoms with van der Waals surface area (Å²) in [6.07, 6.45) is 0. The van der Waals surface area contributed by atoms with Crippen LogP contribution in [0.25, 0.3) is 0 Å². The van der Waals surface area contributed by atoms with Gasteiger partial charge in [0.25, 0.3) is 0 Å². The maximum Gasteiger partial charge on any atom is 0.230 e. The summed E-state index contributed by atoms with van der Waals surface area (Å²) in [4.78, 5) is 11.8. The molecule has 0 spiro atoms. The standard InChI is InChI=1S/C15H20N4O2S2/c1-3-16-14-18-19-15(23-14)22-10-13(20)17-7-8-21-12-6-4-5-11(2)9-12/h4-6,9H,3,7-8,10H2,1-2H3,(H,16,18)(H,17,20). The largest absolute Gasteiger partial charge is 0.492 e. The van der Waals surface area contributed by atoms with E-state index in [1.807, 2.05) is 38.1 Å². The lowest BCUT2D eigenvalue weighted by Gasteiger charge is -2.07. The fourth-order valence-electron chi connectivity index (χ4n) is 1.73. The van der Waals surface area contributed by atoms with Gasteiger partial charge in [-0.2, -0.15) is 0 Å². The van der Waals surface area contributed by atoms with Crippen molar-refractivity contribution in [2.45, 2.75) is 18.2 Å². The van der Waals surface area contributed by atoms with E-state index in [2.05, 4.69) is 20.8 Å². The normalized spacial score (nSPS) is 10.3. The van der Waals surface area contributed by atoms with Crippen LogP contribution in [0, 0.1) is 6.92 Å². The Bertz CT molecular complexity index is 633. The van der Waals surface area contributed by atoms with Gasteiger partial charge >= 0.3 is 0 Å². The van der Waals surface area contributed by atoms with Crippen LogP contribution >= 0.6 is 23.1 Å². The Labute approximate surface area is 144 Å². The topological polar surface area (TPSA) is 76.1 Å². The molecule has 0 saturated heterocycles. The first-order valence-corrected chi connectivity index (χ1v) is 9.14. The highest BCUT2D eigenvalue weighted by Crippen LogP contribution is 2.24. The van der Waals surface area contributed by atoms with Crippen LogP contribution in [0.1, 0.15) is 12.5 Å². The molecule has 0 radical (unpaired) electrons. The molecule has 0 aliphatic carbocycles. The van der Waals surface area contributed by atoms with E-state index in [1.54, 1.807) is 0 Å². The van der Waals surface area contributed by atoms with Crippen LogP contribution in [0.4, 0.5) is 5.13 Å². The minimum Gasteiger partial charge on any atom is -0.492 e. The molecular weight excluding hydrogens is 332 g/mol. The van der Waals surface area contributed by atoms with Gasteiger partial charge in [-0.25, -0.2) is 0 Å². The van der Waals surface area contributed by atoms with Gasteiger partial charge in [0.1, 0.15) is 12.4 Å². The first-order chi connectivity index (χ1) is 11.2. The fraction of sp³-hybridized carbons (Fsp3) is 0.400. The number of hydrogen-bond donors (Lipinski definition) is 2. The van der Waals surface area contributed by atoms with Gasteiger partial charge in [0.15, 0.2) is 4.34 Å². The maximum atomic E-state index is 11.8. The van der Waals surface area contributed by atoms with Gasteiger partial charge in [-0.1, -0.05) is 35.2 Å². The second-order valence-electron chi connectivity index (χ2n) is 4.71. The third kappa shape index (κ3) is 6.45. The predicted octanol–water partition coefficient (Wildman–Crippen LogP) is 2.57. The van der Waals surface area contributed by atoms with E-state index in [0.29, 0.717) is 18.9 Å². The van der Waals surface area contributed by atoms with E-state index in [1.165, 1.54) is 23.1 Å². The van der Waals surface area contributed by atoms with Crippen LogP contribution in [-0.4, -0.2) is 41.6 Å². The molecule has 124 valence electrons. The second kappa shape index (κ2) is 9.36. The average Bonchev–Trinajstić information content (AvgIpc) is 2.98. The summed E-state index contributed by atoms with van der Waals surface area (Å²) in [7, 11) is 0. The van der Waals surface area contributed by atoms with Crippen molar-refractivity contribution in [3.63, 3.8) is 0 Å². The van der Waals surface area contributed by atoms with Crippen molar-refractivity contribution in [1.29, 1.82) is 0 Å². The van der Waals surface area contributed by atoms with Crippen molar-refractivity contribution < 1.29 is 9.53 Å². The molecule has 0 atom stereocenters. The van der Waals surface area contributed by atoms with Crippen LogP contribution in [-0.2, 0) is 4.79 Å². The van der Waals surface area contributed by atoms with Crippen molar-refractivity contribution in [2.75, 3.05) is 30.8 Å². The van der Waals surface area contributed by atoms with E-state index in [4.69, 9.17) is 4.74 Å². The lowest BCUT2D eigenvalue weighted by atomic mass is 10.2. The van der Waals surface area contributed by atoms with Crippen molar-refractivity contribution in [2.24, 2.45) is 0 Å². The lowest BCUT2D eigenvalue weighted by Crippen LogP contribution is -2.29. The monoisotopic (exact) mass is 352 g/mol. The van der Waals surface area contributed by atoms with E-state index >= 15 is 0 Å². The van der Waals surface area contributed by atoms with Gasteiger partial charge in [-0.3, -0.25) is 4.79 Å². The SMILES string of the molecule is CCNc1nnc(SCC(=O)NCCOc2cccc(C)c2)s1. The Kier molecular flexibility index (Phi) is 7.15. The average molecular weight is 352 g/mol. The molecular formula is C15H20N4O2S2. The summed E-state index contributed by atoms with van der Waals surface area (Å²) < 4.78 is 6.36. The first kappa shape index (κ1) is 17.6. The molecule has 0 aliphatic heterocycles. The molecule has 0 unspecified atom stereocenters. The number of thioether (sulfide) groups is 1. The van der Waals surface area contributed by atoms with Gasteiger partial charge in [-0.05, 0) is 31.5 Å². The highest BCUT2D eigenvalue weighted by atomic mass is 32.2. The fourth-order valence-corrected chi connectivity index (χ4v) is 3.38. The molecule has 0 aliphatic rings. The van der Waals surface area contributed by atoms with Gasteiger partial charge in [-0.15, -0.1) is 10.2 Å². The number of hydrogen-bond acceptors (Lipinski definition) is 7.